The zero-order valence-electron chi connectivity index (χ0n) is 12.7. The molecule has 1 saturated heterocycles. The van der Waals surface area contributed by atoms with Crippen LogP contribution in [0.4, 0.5) is 0 Å². The molecule has 0 N–H and O–H groups in total. The second-order valence-corrected chi connectivity index (χ2v) is 6.17. The lowest BCUT2D eigenvalue weighted by Gasteiger charge is -2.27. The molecule has 4 heterocycles. The van der Waals surface area contributed by atoms with Gasteiger partial charge in [0.25, 0.3) is 5.91 Å². The van der Waals surface area contributed by atoms with E-state index in [9.17, 15) is 4.79 Å². The van der Waals surface area contributed by atoms with Crippen LogP contribution in [0.25, 0.3) is 0 Å². The van der Waals surface area contributed by atoms with Gasteiger partial charge in [-0.25, -0.2) is 0 Å². The van der Waals surface area contributed by atoms with Gasteiger partial charge in [0.2, 0.25) is 0 Å². The molecule has 2 atom stereocenters. The maximum absolute atomic E-state index is 12.7. The highest BCUT2D eigenvalue weighted by atomic mass is 16.3. The molecule has 2 bridgehead atoms. The van der Waals surface area contributed by atoms with Crippen LogP contribution in [0.2, 0.25) is 0 Å². The lowest BCUT2D eigenvalue weighted by atomic mass is 10.1. The van der Waals surface area contributed by atoms with Crippen LogP contribution in [0.3, 0.4) is 0 Å². The summed E-state index contributed by atoms with van der Waals surface area (Å²) in [5.74, 6) is 2.51. The third kappa shape index (κ3) is 2.05. The van der Waals surface area contributed by atoms with E-state index >= 15 is 0 Å². The minimum atomic E-state index is 0.00764. The van der Waals surface area contributed by atoms with Crippen LogP contribution in [0.1, 0.15) is 48.4 Å². The summed E-state index contributed by atoms with van der Waals surface area (Å²) >= 11 is 0. The zero-order chi connectivity index (χ0) is 15.1. The van der Waals surface area contributed by atoms with Gasteiger partial charge in [0.05, 0.1) is 12.3 Å². The van der Waals surface area contributed by atoms with E-state index in [2.05, 4.69) is 21.7 Å². The van der Waals surface area contributed by atoms with E-state index in [0.717, 1.165) is 50.3 Å². The van der Waals surface area contributed by atoms with Gasteiger partial charge < -0.3 is 13.9 Å². The van der Waals surface area contributed by atoms with E-state index < -0.39 is 0 Å². The van der Waals surface area contributed by atoms with Crippen LogP contribution >= 0.6 is 0 Å². The van der Waals surface area contributed by atoms with Crippen molar-refractivity contribution in [1.29, 1.82) is 0 Å². The smallest absolute Gasteiger partial charge is 0.290 e. The molecule has 1 fully saturated rings. The molecule has 0 spiro atoms. The van der Waals surface area contributed by atoms with Crippen molar-refractivity contribution in [2.24, 2.45) is 0 Å². The Morgan fingerprint density at radius 1 is 1.36 bits per heavy atom. The van der Waals surface area contributed by atoms with Crippen LogP contribution in [-0.2, 0) is 19.4 Å². The minimum Gasteiger partial charge on any atom is -0.459 e. The molecule has 0 aliphatic carbocycles. The summed E-state index contributed by atoms with van der Waals surface area (Å²) in [4.78, 5) is 14.8. The molecular formula is C16H20N4O2. The van der Waals surface area contributed by atoms with Gasteiger partial charge in [-0.2, -0.15) is 0 Å². The number of aromatic nitrogens is 3. The first-order chi connectivity index (χ1) is 10.8. The number of nitrogens with zero attached hydrogens (tertiary/aromatic N) is 4. The van der Waals surface area contributed by atoms with Gasteiger partial charge in [-0.1, -0.05) is 6.92 Å². The maximum atomic E-state index is 12.7. The first kappa shape index (κ1) is 13.5. The Morgan fingerprint density at radius 3 is 3.00 bits per heavy atom. The number of hydrogen-bond donors (Lipinski definition) is 0. The Bertz CT molecular complexity index is 676. The fourth-order valence-electron chi connectivity index (χ4n) is 3.76. The molecule has 0 aromatic carbocycles. The SMILES string of the molecule is CCCc1nnc2n1CC1CCC(C2)N1C(=O)c1ccco1. The second kappa shape index (κ2) is 5.26. The van der Waals surface area contributed by atoms with Gasteiger partial charge in [0, 0.05) is 25.4 Å². The van der Waals surface area contributed by atoms with Gasteiger partial charge in [-0.15, -0.1) is 10.2 Å². The number of carbonyl (C=O) groups excluding carboxylic acids is 1. The molecule has 2 aromatic heterocycles. The molecule has 2 aromatic rings. The van der Waals surface area contributed by atoms with E-state index in [1.54, 1.807) is 18.4 Å². The van der Waals surface area contributed by atoms with Crippen LogP contribution in [0.5, 0.6) is 0 Å². The van der Waals surface area contributed by atoms with Crippen LogP contribution in [-0.4, -0.2) is 37.7 Å². The van der Waals surface area contributed by atoms with Gasteiger partial charge in [-0.3, -0.25) is 4.79 Å². The van der Waals surface area contributed by atoms with Crippen LogP contribution in [0, 0.1) is 0 Å². The molecule has 2 aliphatic rings. The Hall–Kier alpha value is -2.11. The van der Waals surface area contributed by atoms with Crippen LogP contribution in [0.15, 0.2) is 22.8 Å². The number of rotatable bonds is 3. The summed E-state index contributed by atoms with van der Waals surface area (Å²) in [6.07, 6.45) is 6.42. The topological polar surface area (TPSA) is 64.2 Å². The molecule has 2 aliphatic heterocycles. The van der Waals surface area contributed by atoms with Crippen molar-refractivity contribution in [3.8, 4) is 0 Å². The third-order valence-corrected chi connectivity index (χ3v) is 4.78. The molecule has 1 amide bonds. The van der Waals surface area contributed by atoms with Crippen molar-refractivity contribution in [3.63, 3.8) is 0 Å². The Labute approximate surface area is 129 Å². The summed E-state index contributed by atoms with van der Waals surface area (Å²) in [7, 11) is 0. The maximum Gasteiger partial charge on any atom is 0.290 e. The lowest BCUT2D eigenvalue weighted by Crippen LogP contribution is -2.42. The summed E-state index contributed by atoms with van der Waals surface area (Å²) in [6.45, 7) is 2.96. The van der Waals surface area contributed by atoms with Crippen molar-refractivity contribution in [2.75, 3.05) is 0 Å². The number of carbonyl (C=O) groups is 1. The highest BCUT2D eigenvalue weighted by Crippen LogP contribution is 2.32. The van der Waals surface area contributed by atoms with Crippen molar-refractivity contribution < 1.29 is 9.21 Å². The predicted octanol–water partition coefficient (Wildman–Crippen LogP) is 2.05. The van der Waals surface area contributed by atoms with Crippen LogP contribution < -0.4 is 0 Å². The van der Waals surface area contributed by atoms with E-state index in [-0.39, 0.29) is 18.0 Å². The third-order valence-electron chi connectivity index (χ3n) is 4.78. The monoisotopic (exact) mass is 300 g/mol. The second-order valence-electron chi connectivity index (χ2n) is 6.17. The van der Waals surface area contributed by atoms with Gasteiger partial charge in [-0.05, 0) is 31.4 Å². The average molecular weight is 300 g/mol. The highest BCUT2D eigenvalue weighted by molar-refractivity contribution is 5.92. The van der Waals surface area contributed by atoms with Crippen molar-refractivity contribution in [2.45, 2.75) is 57.7 Å². The summed E-state index contributed by atoms with van der Waals surface area (Å²) in [5.41, 5.74) is 0. The minimum absolute atomic E-state index is 0.00764. The number of hydrogen-bond acceptors (Lipinski definition) is 4. The molecule has 6 heteroatoms. The fraction of sp³-hybridized carbons (Fsp3) is 0.562. The van der Waals surface area contributed by atoms with E-state index in [1.807, 2.05) is 4.90 Å². The normalized spacial score (nSPS) is 23.4. The molecular weight excluding hydrogens is 280 g/mol. The number of aryl methyl sites for hydroxylation is 1. The van der Waals surface area contributed by atoms with Gasteiger partial charge in [0.1, 0.15) is 11.6 Å². The molecule has 6 nitrogen and oxygen atoms in total. The summed E-state index contributed by atoms with van der Waals surface area (Å²) < 4.78 is 7.54. The van der Waals surface area contributed by atoms with Crippen molar-refractivity contribution in [1.82, 2.24) is 19.7 Å². The number of amides is 1. The van der Waals surface area contributed by atoms with Crippen molar-refractivity contribution in [3.05, 3.63) is 35.8 Å². The Balaban J connectivity index is 1.65. The van der Waals surface area contributed by atoms with E-state index in [4.69, 9.17) is 4.42 Å². The number of furan rings is 1. The molecule has 2 unspecified atom stereocenters. The molecule has 0 saturated carbocycles. The number of fused-ring (bicyclic) bond motifs is 3. The zero-order valence-corrected chi connectivity index (χ0v) is 12.7. The quantitative estimate of drug-likeness (QED) is 0.870. The molecule has 4 rings (SSSR count). The Morgan fingerprint density at radius 2 is 2.23 bits per heavy atom. The summed E-state index contributed by atoms with van der Waals surface area (Å²) in [5, 5.41) is 8.70. The predicted molar refractivity (Wildman–Crippen MR) is 79.4 cm³/mol. The summed E-state index contributed by atoms with van der Waals surface area (Å²) in [6, 6.07) is 3.94. The first-order valence-electron chi connectivity index (χ1n) is 8.05. The molecule has 0 radical (unpaired) electrons. The standard InChI is InChI=1S/C16H20N4O2/c1-2-4-14-17-18-15-9-11-6-7-12(10-19(14)15)20(11)16(21)13-5-3-8-22-13/h3,5,8,11-12H,2,4,6-7,9-10H2,1H3. The van der Waals surface area contributed by atoms with Gasteiger partial charge in [0.15, 0.2) is 5.76 Å². The first-order valence-corrected chi connectivity index (χ1v) is 8.05. The largest absolute Gasteiger partial charge is 0.459 e. The van der Waals surface area contributed by atoms with Crippen molar-refractivity contribution >= 4 is 5.91 Å². The highest BCUT2D eigenvalue weighted by Gasteiger charge is 2.41. The fourth-order valence-corrected chi connectivity index (χ4v) is 3.76. The lowest BCUT2D eigenvalue weighted by molar-refractivity contribution is 0.0632. The van der Waals surface area contributed by atoms with E-state index in [1.165, 1.54) is 0 Å². The molecule has 22 heavy (non-hydrogen) atoms. The average Bonchev–Trinajstić information content (AvgIpc) is 3.20. The van der Waals surface area contributed by atoms with E-state index in [0.29, 0.717) is 5.76 Å². The van der Waals surface area contributed by atoms with Gasteiger partial charge >= 0.3 is 0 Å². The molecule has 116 valence electrons. The Kier molecular flexibility index (Phi) is 3.24.